The van der Waals surface area contributed by atoms with Crippen LogP contribution >= 0.6 is 0 Å². The number of nitrogens with zero attached hydrogens (tertiary/aromatic N) is 1. The van der Waals surface area contributed by atoms with Gasteiger partial charge in [0.25, 0.3) is 5.69 Å². The van der Waals surface area contributed by atoms with Crippen LogP contribution in [0.1, 0.15) is 12.0 Å². The van der Waals surface area contributed by atoms with Crippen LogP contribution in [0.4, 0.5) is 11.4 Å². The molecule has 7 heteroatoms. The van der Waals surface area contributed by atoms with Crippen molar-refractivity contribution in [3.05, 3.63) is 64.2 Å². The van der Waals surface area contributed by atoms with Gasteiger partial charge in [0.05, 0.1) is 23.7 Å². The SMILES string of the molecule is O=C(/C=C/c1ccccc1[N+](=O)[O-])Nc1ccc2c(c1)OCCCO2. The van der Waals surface area contributed by atoms with E-state index in [1.54, 1.807) is 36.4 Å². The van der Waals surface area contributed by atoms with Crippen LogP contribution in [0, 0.1) is 10.1 Å². The van der Waals surface area contributed by atoms with E-state index in [2.05, 4.69) is 5.32 Å². The first kappa shape index (κ1) is 16.5. The normalized spacial score (nSPS) is 13.3. The van der Waals surface area contributed by atoms with E-state index in [1.165, 1.54) is 18.2 Å². The van der Waals surface area contributed by atoms with Crippen LogP contribution < -0.4 is 14.8 Å². The summed E-state index contributed by atoms with van der Waals surface area (Å²) in [5.41, 5.74) is 0.866. The second-order valence-electron chi connectivity index (χ2n) is 5.35. The topological polar surface area (TPSA) is 90.7 Å². The van der Waals surface area contributed by atoms with Gasteiger partial charge in [-0.2, -0.15) is 0 Å². The largest absolute Gasteiger partial charge is 0.490 e. The van der Waals surface area contributed by atoms with Gasteiger partial charge < -0.3 is 14.8 Å². The molecule has 0 unspecified atom stereocenters. The molecular formula is C18H16N2O5. The van der Waals surface area contributed by atoms with E-state index in [9.17, 15) is 14.9 Å². The van der Waals surface area contributed by atoms with Crippen LogP contribution in [-0.4, -0.2) is 24.0 Å². The number of carbonyl (C=O) groups is 1. The molecule has 0 aromatic heterocycles. The highest BCUT2D eigenvalue weighted by Gasteiger charge is 2.12. The zero-order valence-electron chi connectivity index (χ0n) is 13.3. The van der Waals surface area contributed by atoms with E-state index in [-0.39, 0.29) is 5.69 Å². The van der Waals surface area contributed by atoms with Crippen LogP contribution in [0.2, 0.25) is 0 Å². The number of anilines is 1. The summed E-state index contributed by atoms with van der Waals surface area (Å²) in [7, 11) is 0. The zero-order chi connectivity index (χ0) is 17.6. The van der Waals surface area contributed by atoms with E-state index >= 15 is 0 Å². The van der Waals surface area contributed by atoms with Gasteiger partial charge in [0.15, 0.2) is 11.5 Å². The monoisotopic (exact) mass is 340 g/mol. The van der Waals surface area contributed by atoms with E-state index in [1.807, 2.05) is 0 Å². The van der Waals surface area contributed by atoms with Crippen molar-refractivity contribution in [1.29, 1.82) is 0 Å². The Labute approximate surface area is 144 Å². The minimum absolute atomic E-state index is 0.0536. The van der Waals surface area contributed by atoms with Crippen molar-refractivity contribution in [3.63, 3.8) is 0 Å². The van der Waals surface area contributed by atoms with E-state index < -0.39 is 10.8 Å². The Morgan fingerprint density at radius 3 is 2.68 bits per heavy atom. The molecule has 0 spiro atoms. The van der Waals surface area contributed by atoms with Gasteiger partial charge in [-0.05, 0) is 24.3 Å². The molecule has 3 rings (SSSR count). The fourth-order valence-electron chi connectivity index (χ4n) is 2.39. The zero-order valence-corrected chi connectivity index (χ0v) is 13.3. The Balaban J connectivity index is 1.71. The molecule has 2 aromatic carbocycles. The molecule has 7 nitrogen and oxygen atoms in total. The number of hydrogen-bond acceptors (Lipinski definition) is 5. The van der Waals surface area contributed by atoms with Crippen LogP contribution in [0.15, 0.2) is 48.5 Å². The lowest BCUT2D eigenvalue weighted by Gasteiger charge is -2.09. The molecule has 1 aliphatic heterocycles. The fourth-order valence-corrected chi connectivity index (χ4v) is 2.39. The number of rotatable bonds is 4. The summed E-state index contributed by atoms with van der Waals surface area (Å²) in [4.78, 5) is 22.5. The Morgan fingerprint density at radius 2 is 1.88 bits per heavy atom. The molecule has 0 bridgehead atoms. The van der Waals surface area contributed by atoms with Crippen LogP contribution in [0.5, 0.6) is 11.5 Å². The average molecular weight is 340 g/mol. The summed E-state index contributed by atoms with van der Waals surface area (Å²) < 4.78 is 11.1. The summed E-state index contributed by atoms with van der Waals surface area (Å²) in [5, 5.41) is 13.7. The number of ether oxygens (including phenoxy) is 2. The number of para-hydroxylation sites is 1. The Morgan fingerprint density at radius 1 is 1.12 bits per heavy atom. The van der Waals surface area contributed by atoms with E-state index in [0.717, 1.165) is 6.42 Å². The third-order valence-electron chi connectivity index (χ3n) is 3.56. The number of carbonyl (C=O) groups excluding carboxylic acids is 1. The molecule has 0 saturated carbocycles. The van der Waals surface area contributed by atoms with Gasteiger partial charge in [-0.3, -0.25) is 14.9 Å². The quantitative estimate of drug-likeness (QED) is 0.523. The van der Waals surface area contributed by atoms with E-state index in [4.69, 9.17) is 9.47 Å². The highest BCUT2D eigenvalue weighted by molar-refractivity contribution is 6.02. The van der Waals surface area contributed by atoms with Crippen molar-refractivity contribution in [1.82, 2.24) is 0 Å². The second kappa shape index (κ2) is 7.48. The maximum atomic E-state index is 12.1. The van der Waals surface area contributed by atoms with Gasteiger partial charge in [0.2, 0.25) is 5.91 Å². The van der Waals surface area contributed by atoms with Crippen LogP contribution in [0.3, 0.4) is 0 Å². The molecule has 0 fully saturated rings. The number of benzene rings is 2. The fraction of sp³-hybridized carbons (Fsp3) is 0.167. The summed E-state index contributed by atoms with van der Waals surface area (Å²) in [6.45, 7) is 1.15. The lowest BCUT2D eigenvalue weighted by atomic mass is 10.1. The molecule has 0 radical (unpaired) electrons. The smallest absolute Gasteiger partial charge is 0.276 e. The lowest BCUT2D eigenvalue weighted by Crippen LogP contribution is -2.08. The van der Waals surface area contributed by atoms with E-state index in [0.29, 0.717) is 36.0 Å². The van der Waals surface area contributed by atoms with Crippen molar-refractivity contribution in [2.24, 2.45) is 0 Å². The average Bonchev–Trinajstić information content (AvgIpc) is 2.85. The summed E-state index contributed by atoms with van der Waals surface area (Å²) in [6.07, 6.45) is 3.47. The molecule has 0 atom stereocenters. The first-order chi connectivity index (χ1) is 12.1. The first-order valence-corrected chi connectivity index (χ1v) is 7.75. The maximum Gasteiger partial charge on any atom is 0.276 e. The summed E-state index contributed by atoms with van der Waals surface area (Å²) >= 11 is 0. The highest BCUT2D eigenvalue weighted by Crippen LogP contribution is 2.32. The number of nitro benzene ring substituents is 1. The van der Waals surface area contributed by atoms with Gasteiger partial charge in [-0.15, -0.1) is 0 Å². The standard InChI is InChI=1S/C18H16N2O5/c21-18(9-6-13-4-1-2-5-15(13)20(22)23)19-14-7-8-16-17(12-14)25-11-3-10-24-16/h1-2,4-9,12H,3,10-11H2,(H,19,21)/b9-6+. The number of nitrogens with one attached hydrogen (secondary N) is 1. The molecule has 1 aliphatic rings. The molecule has 1 N–H and O–H groups in total. The Bertz CT molecular complexity index is 832. The van der Waals surface area contributed by atoms with Crippen molar-refractivity contribution < 1.29 is 19.2 Å². The minimum atomic E-state index is -0.485. The van der Waals surface area contributed by atoms with Crippen molar-refractivity contribution in [3.8, 4) is 11.5 Å². The van der Waals surface area contributed by atoms with Gasteiger partial charge >= 0.3 is 0 Å². The van der Waals surface area contributed by atoms with Gasteiger partial charge in [-0.25, -0.2) is 0 Å². The van der Waals surface area contributed by atoms with Gasteiger partial charge in [-0.1, -0.05) is 12.1 Å². The summed E-state index contributed by atoms with van der Waals surface area (Å²) in [5.74, 6) is 0.830. The molecule has 128 valence electrons. The molecule has 1 heterocycles. The molecule has 25 heavy (non-hydrogen) atoms. The third kappa shape index (κ3) is 4.14. The van der Waals surface area contributed by atoms with Crippen LogP contribution in [-0.2, 0) is 4.79 Å². The van der Waals surface area contributed by atoms with Gasteiger partial charge in [0, 0.05) is 30.3 Å². The number of hydrogen-bond donors (Lipinski definition) is 1. The predicted molar refractivity (Wildman–Crippen MR) is 92.8 cm³/mol. The van der Waals surface area contributed by atoms with Crippen molar-refractivity contribution in [2.45, 2.75) is 6.42 Å². The highest BCUT2D eigenvalue weighted by atomic mass is 16.6. The summed E-state index contributed by atoms with van der Waals surface area (Å²) in [6, 6.07) is 11.4. The predicted octanol–water partition coefficient (Wildman–Crippen LogP) is 3.41. The molecule has 2 aromatic rings. The molecule has 1 amide bonds. The minimum Gasteiger partial charge on any atom is -0.490 e. The molecule has 0 saturated heterocycles. The first-order valence-electron chi connectivity index (χ1n) is 7.75. The second-order valence-corrected chi connectivity index (χ2v) is 5.35. The molecule has 0 aliphatic carbocycles. The van der Waals surface area contributed by atoms with Gasteiger partial charge in [0.1, 0.15) is 0 Å². The molecular weight excluding hydrogens is 324 g/mol. The third-order valence-corrected chi connectivity index (χ3v) is 3.56. The lowest BCUT2D eigenvalue weighted by molar-refractivity contribution is -0.385. The number of amides is 1. The van der Waals surface area contributed by atoms with Crippen LogP contribution in [0.25, 0.3) is 6.08 Å². The Hall–Kier alpha value is -3.35. The number of fused-ring (bicyclic) bond motifs is 1. The Kier molecular flexibility index (Phi) is 4.94. The number of nitro groups is 1. The van der Waals surface area contributed by atoms with Crippen molar-refractivity contribution >= 4 is 23.4 Å². The van der Waals surface area contributed by atoms with Crippen molar-refractivity contribution in [2.75, 3.05) is 18.5 Å². The maximum absolute atomic E-state index is 12.1.